The number of fused-ring (bicyclic) bond motifs is 1. The number of thioether (sulfide) groups is 1. The van der Waals surface area contributed by atoms with Gasteiger partial charge in [0.25, 0.3) is 5.69 Å². The predicted octanol–water partition coefficient (Wildman–Crippen LogP) is 3.32. The van der Waals surface area contributed by atoms with Gasteiger partial charge in [-0.1, -0.05) is 30.0 Å². The Balaban J connectivity index is 1.69. The van der Waals surface area contributed by atoms with Crippen molar-refractivity contribution in [1.82, 2.24) is 9.55 Å². The number of rotatable bonds is 8. The van der Waals surface area contributed by atoms with E-state index in [0.717, 1.165) is 16.2 Å². The molecule has 1 amide bonds. The monoisotopic (exact) mass is 386 g/mol. The summed E-state index contributed by atoms with van der Waals surface area (Å²) in [5, 5.41) is 14.2. The molecule has 0 saturated heterocycles. The van der Waals surface area contributed by atoms with Gasteiger partial charge in [-0.2, -0.15) is 0 Å². The lowest BCUT2D eigenvalue weighted by Crippen LogP contribution is -2.15. The third-order valence-corrected chi connectivity index (χ3v) is 4.79. The highest BCUT2D eigenvalue weighted by Crippen LogP contribution is 2.24. The molecule has 8 nitrogen and oxygen atoms in total. The molecule has 0 atom stereocenters. The van der Waals surface area contributed by atoms with Gasteiger partial charge in [-0.15, -0.1) is 0 Å². The molecule has 0 radical (unpaired) electrons. The number of nitrogens with one attached hydrogen (secondary N) is 1. The molecule has 140 valence electrons. The summed E-state index contributed by atoms with van der Waals surface area (Å²) < 4.78 is 7.18. The second-order valence-electron chi connectivity index (χ2n) is 5.67. The van der Waals surface area contributed by atoms with Crippen molar-refractivity contribution >= 4 is 40.1 Å². The summed E-state index contributed by atoms with van der Waals surface area (Å²) >= 11 is 1.31. The molecular formula is C18H18N4O4S. The van der Waals surface area contributed by atoms with E-state index in [0.29, 0.717) is 18.8 Å². The average molecular weight is 386 g/mol. The number of ether oxygens (including phenoxy) is 1. The van der Waals surface area contributed by atoms with Gasteiger partial charge >= 0.3 is 0 Å². The Morgan fingerprint density at radius 1 is 1.30 bits per heavy atom. The molecule has 27 heavy (non-hydrogen) atoms. The van der Waals surface area contributed by atoms with E-state index in [1.54, 1.807) is 13.2 Å². The maximum atomic E-state index is 12.2. The van der Waals surface area contributed by atoms with Crippen molar-refractivity contribution in [2.75, 3.05) is 24.8 Å². The summed E-state index contributed by atoms with van der Waals surface area (Å²) in [7, 11) is 1.64. The largest absolute Gasteiger partial charge is 0.383 e. The van der Waals surface area contributed by atoms with Gasteiger partial charge in [-0.25, -0.2) is 4.98 Å². The number of carbonyl (C=O) groups is 1. The molecule has 0 saturated carbocycles. The van der Waals surface area contributed by atoms with E-state index in [9.17, 15) is 14.9 Å². The maximum Gasteiger partial charge on any atom is 0.271 e. The van der Waals surface area contributed by atoms with Gasteiger partial charge in [0.15, 0.2) is 5.16 Å². The fraction of sp³-hybridized carbons (Fsp3) is 0.222. The third-order valence-electron chi connectivity index (χ3n) is 3.81. The number of non-ortho nitro benzene ring substituents is 1. The molecule has 0 fully saturated rings. The molecule has 1 aromatic heterocycles. The van der Waals surface area contributed by atoms with Crippen molar-refractivity contribution in [3.63, 3.8) is 0 Å². The minimum atomic E-state index is -0.497. The normalized spacial score (nSPS) is 10.9. The number of carbonyl (C=O) groups excluding carboxylic acids is 1. The molecule has 0 spiro atoms. The summed E-state index contributed by atoms with van der Waals surface area (Å²) in [6.45, 7) is 1.17. The zero-order valence-electron chi connectivity index (χ0n) is 14.6. The van der Waals surface area contributed by atoms with Crippen molar-refractivity contribution in [3.8, 4) is 0 Å². The Morgan fingerprint density at radius 2 is 2.11 bits per heavy atom. The minimum absolute atomic E-state index is 0.0678. The standard InChI is InChI=1S/C18H18N4O4S/c1-26-10-9-21-16-8-3-2-7-15(16)20-18(21)27-12-17(23)19-13-5-4-6-14(11-13)22(24)25/h2-8,11H,9-10,12H2,1H3,(H,19,23). The molecule has 3 rings (SSSR count). The second-order valence-corrected chi connectivity index (χ2v) is 6.61. The van der Waals surface area contributed by atoms with Gasteiger partial charge in [-0.05, 0) is 18.2 Å². The van der Waals surface area contributed by atoms with Crippen LogP contribution >= 0.6 is 11.8 Å². The zero-order chi connectivity index (χ0) is 19.2. The van der Waals surface area contributed by atoms with Gasteiger partial charge in [0.05, 0.1) is 28.3 Å². The molecule has 2 aromatic carbocycles. The Morgan fingerprint density at radius 3 is 2.89 bits per heavy atom. The van der Waals surface area contributed by atoms with Gasteiger partial charge in [-0.3, -0.25) is 14.9 Å². The number of anilines is 1. The molecule has 0 unspecified atom stereocenters. The molecule has 3 aromatic rings. The molecule has 0 bridgehead atoms. The number of nitro groups is 1. The lowest BCUT2D eigenvalue weighted by Gasteiger charge is -2.08. The summed E-state index contributed by atoms with van der Waals surface area (Å²) in [6, 6.07) is 13.6. The van der Waals surface area contributed by atoms with Crippen molar-refractivity contribution in [3.05, 3.63) is 58.6 Å². The Kier molecular flexibility index (Phi) is 6.05. The fourth-order valence-electron chi connectivity index (χ4n) is 2.59. The Hall–Kier alpha value is -2.91. The fourth-order valence-corrected chi connectivity index (χ4v) is 3.43. The van der Waals surface area contributed by atoms with E-state index in [4.69, 9.17) is 4.74 Å². The van der Waals surface area contributed by atoms with Crippen LogP contribution in [0.1, 0.15) is 0 Å². The van der Waals surface area contributed by atoms with Crippen molar-refractivity contribution in [2.45, 2.75) is 11.7 Å². The van der Waals surface area contributed by atoms with E-state index in [1.807, 2.05) is 28.8 Å². The molecule has 1 N–H and O–H groups in total. The van der Waals surface area contributed by atoms with Crippen LogP contribution < -0.4 is 5.32 Å². The van der Waals surface area contributed by atoms with Crippen molar-refractivity contribution in [2.24, 2.45) is 0 Å². The average Bonchev–Trinajstić information content (AvgIpc) is 3.02. The van der Waals surface area contributed by atoms with E-state index in [1.165, 1.54) is 30.0 Å². The van der Waals surface area contributed by atoms with E-state index < -0.39 is 4.92 Å². The Labute approximate surface area is 159 Å². The van der Waals surface area contributed by atoms with E-state index in [-0.39, 0.29) is 17.3 Å². The van der Waals surface area contributed by atoms with Crippen molar-refractivity contribution < 1.29 is 14.5 Å². The van der Waals surface area contributed by atoms with Crippen LogP contribution in [0.3, 0.4) is 0 Å². The second kappa shape index (κ2) is 8.65. The van der Waals surface area contributed by atoms with Crippen LogP contribution in [0.5, 0.6) is 0 Å². The first-order valence-corrected chi connectivity index (χ1v) is 9.18. The lowest BCUT2D eigenvalue weighted by atomic mass is 10.3. The lowest BCUT2D eigenvalue weighted by molar-refractivity contribution is -0.384. The van der Waals surface area contributed by atoms with Crippen molar-refractivity contribution in [1.29, 1.82) is 0 Å². The van der Waals surface area contributed by atoms with Crippen LogP contribution in [0.15, 0.2) is 53.7 Å². The molecular weight excluding hydrogens is 368 g/mol. The van der Waals surface area contributed by atoms with E-state index >= 15 is 0 Å². The number of nitrogens with zero attached hydrogens (tertiary/aromatic N) is 3. The highest BCUT2D eigenvalue weighted by Gasteiger charge is 2.13. The number of benzene rings is 2. The van der Waals surface area contributed by atoms with E-state index in [2.05, 4.69) is 10.3 Å². The first kappa shape index (κ1) is 18.9. The van der Waals surface area contributed by atoms with Crippen LogP contribution in [-0.2, 0) is 16.1 Å². The number of aromatic nitrogens is 2. The highest BCUT2D eigenvalue weighted by atomic mass is 32.2. The molecule has 0 aliphatic carbocycles. The third kappa shape index (κ3) is 4.63. The number of nitro benzene ring substituents is 1. The smallest absolute Gasteiger partial charge is 0.271 e. The molecule has 0 aliphatic heterocycles. The summed E-state index contributed by atoms with van der Waals surface area (Å²) in [5.41, 5.74) is 2.16. The minimum Gasteiger partial charge on any atom is -0.383 e. The SMILES string of the molecule is COCCn1c(SCC(=O)Nc2cccc([N+](=O)[O-])c2)nc2ccccc21. The van der Waals surface area contributed by atoms with Crippen LogP contribution in [0, 0.1) is 10.1 Å². The summed E-state index contributed by atoms with van der Waals surface area (Å²) in [5.74, 6) is -0.121. The highest BCUT2D eigenvalue weighted by molar-refractivity contribution is 7.99. The van der Waals surface area contributed by atoms with Gasteiger partial charge in [0.2, 0.25) is 5.91 Å². The van der Waals surface area contributed by atoms with Gasteiger partial charge < -0.3 is 14.6 Å². The van der Waals surface area contributed by atoms with Gasteiger partial charge in [0, 0.05) is 31.5 Å². The number of hydrogen-bond acceptors (Lipinski definition) is 6. The first-order chi connectivity index (χ1) is 13.1. The Bertz CT molecular complexity index is 973. The summed E-state index contributed by atoms with van der Waals surface area (Å²) in [4.78, 5) is 27.2. The number of methoxy groups -OCH3 is 1. The topological polar surface area (TPSA) is 99.3 Å². The number of imidazole rings is 1. The number of amides is 1. The van der Waals surface area contributed by atoms with Crippen LogP contribution in [0.2, 0.25) is 0 Å². The number of hydrogen-bond donors (Lipinski definition) is 1. The predicted molar refractivity (Wildman–Crippen MR) is 104 cm³/mol. The first-order valence-electron chi connectivity index (χ1n) is 8.20. The van der Waals surface area contributed by atoms with Crippen LogP contribution in [0.4, 0.5) is 11.4 Å². The molecule has 1 heterocycles. The van der Waals surface area contributed by atoms with Crippen LogP contribution in [0.25, 0.3) is 11.0 Å². The quantitative estimate of drug-likeness (QED) is 0.362. The summed E-state index contributed by atoms with van der Waals surface area (Å²) in [6.07, 6.45) is 0. The maximum absolute atomic E-state index is 12.2. The zero-order valence-corrected chi connectivity index (χ0v) is 15.4. The number of para-hydroxylation sites is 2. The molecule has 0 aliphatic rings. The molecule has 9 heteroatoms. The van der Waals surface area contributed by atoms with Gasteiger partial charge in [0.1, 0.15) is 0 Å². The van der Waals surface area contributed by atoms with Crippen LogP contribution in [-0.4, -0.2) is 39.9 Å².